The zero-order valence-corrected chi connectivity index (χ0v) is 29.2. The van der Waals surface area contributed by atoms with E-state index in [9.17, 15) is 23.4 Å². The molecule has 4 saturated carbocycles. The first-order chi connectivity index (χ1) is 21.7. The molecular formula is C37H54N2O6S. The maximum Gasteiger partial charge on any atom is 0.305 e. The molecule has 2 aromatic carbocycles. The van der Waals surface area contributed by atoms with Gasteiger partial charge in [0.25, 0.3) is 0 Å². The summed E-state index contributed by atoms with van der Waals surface area (Å²) in [5.41, 5.74) is 0.616. The molecule has 11 atom stereocenters. The molecule has 3 N–H and O–H groups in total. The zero-order valence-electron chi connectivity index (χ0n) is 28.4. The van der Waals surface area contributed by atoms with Crippen molar-refractivity contribution in [1.82, 2.24) is 4.72 Å². The molecule has 10 unspecified atom stereocenters. The molecule has 0 aromatic heterocycles. The quantitative estimate of drug-likeness (QED) is 0.311. The third kappa shape index (κ3) is 5.47. The molecule has 0 spiro atoms. The van der Waals surface area contributed by atoms with Gasteiger partial charge in [-0.2, -0.15) is 0 Å². The summed E-state index contributed by atoms with van der Waals surface area (Å²) in [4.78, 5) is 14.2. The van der Waals surface area contributed by atoms with E-state index < -0.39 is 22.2 Å². The number of ether oxygens (including phenoxy) is 1. The van der Waals surface area contributed by atoms with Gasteiger partial charge in [0.15, 0.2) is 0 Å². The number of aliphatic hydroxyl groups is 2. The van der Waals surface area contributed by atoms with Crippen LogP contribution >= 0.6 is 0 Å². The molecule has 0 bridgehead atoms. The lowest BCUT2D eigenvalue weighted by Crippen LogP contribution is -2.63. The lowest BCUT2D eigenvalue weighted by molar-refractivity contribution is -0.202. The number of benzene rings is 2. The van der Waals surface area contributed by atoms with Crippen molar-refractivity contribution in [1.29, 1.82) is 0 Å². The maximum atomic E-state index is 13.9. The molecular weight excluding hydrogens is 600 g/mol. The summed E-state index contributed by atoms with van der Waals surface area (Å²) in [6.07, 6.45) is 5.83. The van der Waals surface area contributed by atoms with Gasteiger partial charge in [0.05, 0.1) is 24.2 Å². The topological polar surface area (TPSA) is 116 Å². The fourth-order valence-corrected chi connectivity index (χ4v) is 12.6. The van der Waals surface area contributed by atoms with Crippen molar-refractivity contribution in [3.8, 4) is 0 Å². The van der Waals surface area contributed by atoms with Gasteiger partial charge in [0.2, 0.25) is 10.0 Å². The molecule has 2 aromatic rings. The van der Waals surface area contributed by atoms with Crippen LogP contribution in [0.15, 0.2) is 41.3 Å². The molecule has 0 amide bonds. The average Bonchev–Trinajstić information content (AvgIpc) is 3.38. The average molecular weight is 655 g/mol. The molecule has 0 heterocycles. The summed E-state index contributed by atoms with van der Waals surface area (Å²) in [6.45, 7) is 6.79. The molecule has 4 aliphatic carbocycles. The second-order valence-electron chi connectivity index (χ2n) is 15.8. The standard InChI is InChI=1S/C37H54N2O6S/c1-22(11-16-34(42)45-6)27-12-13-28-35-29(21-33(41)37(27,28)3)36(2)18-17-24(19-23(36)20-31(35)40)38-46(43,44)32-15-14-30(39(4)5)25-9-7-8-10-26(25)32/h7-10,14-15,22-24,27-29,31,33,35,38,40-41H,11-13,16-21H2,1-6H3/t22-,23?,24?,27?,28?,29?,31?,33?,35?,36?,37?/m1/s1. The van der Waals surface area contributed by atoms with Gasteiger partial charge in [-0.15, -0.1) is 0 Å². The fourth-order valence-electron chi connectivity index (χ4n) is 11.1. The summed E-state index contributed by atoms with van der Waals surface area (Å²) in [5.74, 6) is 1.11. The van der Waals surface area contributed by atoms with Crippen molar-refractivity contribution in [2.75, 3.05) is 26.1 Å². The highest BCUT2D eigenvalue weighted by Crippen LogP contribution is 2.68. The SMILES string of the molecule is COC(=O)CC[C@@H](C)C1CCC2C3C(O)CC4CC(NS(=O)(=O)c5ccc(N(C)C)c6ccccc56)CCC4(C)C3CC(O)C21C. The Kier molecular flexibility index (Phi) is 9.05. The van der Waals surface area contributed by atoms with Crippen LogP contribution in [-0.2, 0) is 19.6 Å². The van der Waals surface area contributed by atoms with Crippen LogP contribution in [0.4, 0.5) is 5.69 Å². The van der Waals surface area contributed by atoms with Crippen LogP contribution in [0.3, 0.4) is 0 Å². The first kappa shape index (κ1) is 33.7. The maximum absolute atomic E-state index is 13.9. The Balaban J connectivity index is 1.19. The van der Waals surface area contributed by atoms with E-state index in [0.29, 0.717) is 41.9 Å². The molecule has 4 fully saturated rings. The lowest BCUT2D eigenvalue weighted by atomic mass is 9.43. The Morgan fingerprint density at radius 2 is 1.74 bits per heavy atom. The minimum atomic E-state index is -3.78. The first-order valence-electron chi connectivity index (χ1n) is 17.4. The number of carbonyl (C=O) groups excluding carboxylic acids is 1. The number of fused-ring (bicyclic) bond motifs is 6. The Morgan fingerprint density at radius 3 is 2.43 bits per heavy atom. The number of rotatable bonds is 8. The van der Waals surface area contributed by atoms with Crippen molar-refractivity contribution in [2.24, 2.45) is 46.3 Å². The van der Waals surface area contributed by atoms with E-state index in [2.05, 4.69) is 25.5 Å². The molecule has 4 aliphatic rings. The van der Waals surface area contributed by atoms with Gasteiger partial charge in [-0.3, -0.25) is 4.79 Å². The minimum absolute atomic E-state index is 0.0667. The van der Waals surface area contributed by atoms with Crippen LogP contribution in [0.1, 0.15) is 78.6 Å². The second-order valence-corrected chi connectivity index (χ2v) is 17.5. The van der Waals surface area contributed by atoms with Crippen molar-refractivity contribution in [2.45, 2.75) is 102 Å². The van der Waals surface area contributed by atoms with Gasteiger partial charge >= 0.3 is 5.97 Å². The van der Waals surface area contributed by atoms with Gasteiger partial charge in [-0.1, -0.05) is 45.0 Å². The molecule has 254 valence electrons. The number of anilines is 1. The number of esters is 1. The predicted octanol–water partition coefficient (Wildman–Crippen LogP) is 5.74. The molecule has 46 heavy (non-hydrogen) atoms. The smallest absolute Gasteiger partial charge is 0.305 e. The van der Waals surface area contributed by atoms with Gasteiger partial charge in [0, 0.05) is 43.0 Å². The Hall–Kier alpha value is -2.20. The monoisotopic (exact) mass is 654 g/mol. The van der Waals surface area contributed by atoms with Crippen LogP contribution in [0.2, 0.25) is 0 Å². The van der Waals surface area contributed by atoms with Crippen LogP contribution in [0, 0.1) is 46.3 Å². The number of methoxy groups -OCH3 is 1. The zero-order chi connectivity index (χ0) is 33.2. The predicted molar refractivity (Wildman–Crippen MR) is 181 cm³/mol. The fraction of sp³-hybridized carbons (Fsp3) is 0.703. The van der Waals surface area contributed by atoms with Crippen molar-refractivity contribution in [3.05, 3.63) is 36.4 Å². The van der Waals surface area contributed by atoms with E-state index in [1.807, 2.05) is 49.3 Å². The summed E-state index contributed by atoms with van der Waals surface area (Å²) in [5, 5.41) is 25.4. The van der Waals surface area contributed by atoms with E-state index in [1.54, 1.807) is 6.07 Å². The number of aliphatic hydroxyl groups excluding tert-OH is 2. The molecule has 0 saturated heterocycles. The number of sulfonamides is 1. The summed E-state index contributed by atoms with van der Waals surface area (Å²) in [6, 6.07) is 11.0. The highest BCUT2D eigenvalue weighted by Gasteiger charge is 2.65. The molecule has 8 nitrogen and oxygen atoms in total. The van der Waals surface area contributed by atoms with Crippen molar-refractivity contribution in [3.63, 3.8) is 0 Å². The number of carbonyl (C=O) groups is 1. The number of hydrogen-bond acceptors (Lipinski definition) is 7. The van der Waals surface area contributed by atoms with Crippen molar-refractivity contribution >= 4 is 32.5 Å². The third-order valence-electron chi connectivity index (χ3n) is 13.5. The Morgan fingerprint density at radius 1 is 1.02 bits per heavy atom. The highest BCUT2D eigenvalue weighted by molar-refractivity contribution is 7.89. The number of nitrogens with zero attached hydrogens (tertiary/aromatic N) is 1. The van der Waals surface area contributed by atoms with Crippen LogP contribution in [0.5, 0.6) is 0 Å². The Labute approximate surface area is 275 Å². The molecule has 9 heteroatoms. The summed E-state index contributed by atoms with van der Waals surface area (Å²) >= 11 is 0. The largest absolute Gasteiger partial charge is 0.469 e. The van der Waals surface area contributed by atoms with E-state index in [0.717, 1.165) is 43.2 Å². The van der Waals surface area contributed by atoms with E-state index in [4.69, 9.17) is 4.74 Å². The molecule has 0 aliphatic heterocycles. The van der Waals surface area contributed by atoms with Gasteiger partial charge < -0.3 is 19.8 Å². The Bertz CT molecular complexity index is 1560. The van der Waals surface area contributed by atoms with Gasteiger partial charge in [0.1, 0.15) is 0 Å². The van der Waals surface area contributed by atoms with Crippen LogP contribution in [-0.4, -0.2) is 64.1 Å². The third-order valence-corrected chi connectivity index (χ3v) is 15.1. The van der Waals surface area contributed by atoms with E-state index >= 15 is 0 Å². The number of nitrogens with one attached hydrogen (secondary N) is 1. The molecule has 6 rings (SSSR count). The minimum Gasteiger partial charge on any atom is -0.469 e. The van der Waals surface area contributed by atoms with E-state index in [-0.39, 0.29) is 52.4 Å². The van der Waals surface area contributed by atoms with Crippen LogP contribution < -0.4 is 9.62 Å². The lowest BCUT2D eigenvalue weighted by Gasteiger charge is -2.63. The normalized spacial score (nSPS) is 38.0. The van der Waals surface area contributed by atoms with Gasteiger partial charge in [-0.05, 0) is 110 Å². The number of hydrogen-bond donors (Lipinski definition) is 3. The van der Waals surface area contributed by atoms with Crippen molar-refractivity contribution < 1.29 is 28.2 Å². The second kappa shape index (κ2) is 12.4. The van der Waals surface area contributed by atoms with Crippen LogP contribution in [0.25, 0.3) is 10.8 Å². The highest BCUT2D eigenvalue weighted by atomic mass is 32.2. The first-order valence-corrected chi connectivity index (χ1v) is 18.8. The summed E-state index contributed by atoms with van der Waals surface area (Å²) < 4.78 is 35.7. The summed E-state index contributed by atoms with van der Waals surface area (Å²) in [7, 11) is 1.57. The van der Waals surface area contributed by atoms with E-state index in [1.165, 1.54) is 7.11 Å². The molecule has 0 radical (unpaired) electrons. The van der Waals surface area contributed by atoms with Gasteiger partial charge in [-0.25, -0.2) is 13.1 Å².